The van der Waals surface area contributed by atoms with Crippen molar-refractivity contribution in [1.29, 1.82) is 0 Å². The first-order valence-electron chi connectivity index (χ1n) is 21.1. The Kier molecular flexibility index (Phi) is 8.39. The lowest BCUT2D eigenvalue weighted by atomic mass is 9.67. The Morgan fingerprint density at radius 2 is 0.871 bits per heavy atom. The smallest absolute Gasteiger partial charge is 0.160 e. The van der Waals surface area contributed by atoms with Crippen LogP contribution in [0.4, 0.5) is 0 Å². The van der Waals surface area contributed by atoms with Crippen molar-refractivity contribution in [1.82, 2.24) is 9.97 Å². The first kappa shape index (κ1) is 35.8. The van der Waals surface area contributed by atoms with Crippen LogP contribution in [0, 0.1) is 0 Å². The highest BCUT2D eigenvalue weighted by atomic mass is 16.3. The van der Waals surface area contributed by atoms with E-state index < -0.39 is 5.41 Å². The highest BCUT2D eigenvalue weighted by Crippen LogP contribution is 2.57. The number of furan rings is 1. The van der Waals surface area contributed by atoms with Gasteiger partial charge >= 0.3 is 0 Å². The van der Waals surface area contributed by atoms with E-state index in [0.717, 1.165) is 72.3 Å². The average molecular weight is 791 g/mol. The Bertz CT molecular complexity index is 3400. The predicted octanol–water partition coefficient (Wildman–Crippen LogP) is 15.1. The second-order valence-electron chi connectivity index (χ2n) is 16.0. The summed E-state index contributed by atoms with van der Waals surface area (Å²) in [6.07, 6.45) is 0. The van der Waals surface area contributed by atoms with E-state index in [9.17, 15) is 0 Å². The molecule has 11 aromatic rings. The summed E-state index contributed by atoms with van der Waals surface area (Å²) in [5.41, 5.74) is 18.0. The number of hydrogen-bond acceptors (Lipinski definition) is 3. The van der Waals surface area contributed by atoms with Crippen LogP contribution in [0.25, 0.3) is 89.2 Å². The SMILES string of the molecule is c1ccc(-c2nc(-c3ccc(-c4cccc5c4oc4ccccc45)cc3)cc(-c3ccccc3-c3ccc4c(c3)C(c3ccccc3)(c3ccccc3)c3ccccc3-4)n2)cc1. The quantitative estimate of drug-likeness (QED) is 0.161. The molecule has 1 aliphatic carbocycles. The van der Waals surface area contributed by atoms with Gasteiger partial charge in [0.05, 0.1) is 16.8 Å². The fourth-order valence-electron chi connectivity index (χ4n) is 9.81. The molecule has 0 saturated carbocycles. The van der Waals surface area contributed by atoms with Crippen LogP contribution in [0.3, 0.4) is 0 Å². The number of fused-ring (bicyclic) bond motifs is 6. The van der Waals surface area contributed by atoms with Crippen LogP contribution in [0.5, 0.6) is 0 Å². The molecule has 0 bridgehead atoms. The molecule has 9 aromatic carbocycles. The molecule has 12 rings (SSSR count). The number of benzene rings is 9. The Morgan fingerprint density at radius 3 is 1.63 bits per heavy atom. The maximum absolute atomic E-state index is 6.41. The molecular formula is C59H38N2O. The lowest BCUT2D eigenvalue weighted by Gasteiger charge is -2.34. The van der Waals surface area contributed by atoms with Crippen molar-refractivity contribution in [2.45, 2.75) is 5.41 Å². The van der Waals surface area contributed by atoms with Gasteiger partial charge in [0, 0.05) is 33.0 Å². The van der Waals surface area contributed by atoms with Crippen molar-refractivity contribution >= 4 is 21.9 Å². The van der Waals surface area contributed by atoms with E-state index in [1.54, 1.807) is 0 Å². The molecule has 0 saturated heterocycles. The van der Waals surface area contributed by atoms with Gasteiger partial charge in [0.15, 0.2) is 5.82 Å². The van der Waals surface area contributed by atoms with Gasteiger partial charge in [0.1, 0.15) is 11.2 Å². The van der Waals surface area contributed by atoms with Crippen LogP contribution < -0.4 is 0 Å². The molecule has 290 valence electrons. The molecule has 0 atom stereocenters. The Balaban J connectivity index is 1.01. The van der Waals surface area contributed by atoms with Crippen molar-refractivity contribution in [3.05, 3.63) is 253 Å². The summed E-state index contributed by atoms with van der Waals surface area (Å²) in [4.78, 5) is 10.5. The molecular weight excluding hydrogens is 753 g/mol. The van der Waals surface area contributed by atoms with Crippen molar-refractivity contribution in [3.63, 3.8) is 0 Å². The first-order chi connectivity index (χ1) is 30.7. The monoisotopic (exact) mass is 790 g/mol. The summed E-state index contributed by atoms with van der Waals surface area (Å²) in [5, 5.41) is 2.24. The zero-order valence-electron chi connectivity index (χ0n) is 33.7. The summed E-state index contributed by atoms with van der Waals surface area (Å²) in [6, 6.07) is 82.2. The van der Waals surface area contributed by atoms with Crippen molar-refractivity contribution in [2.24, 2.45) is 0 Å². The Morgan fingerprint density at radius 1 is 0.323 bits per heavy atom. The molecule has 2 heterocycles. The van der Waals surface area contributed by atoms with Gasteiger partial charge in [0.2, 0.25) is 0 Å². The number of hydrogen-bond donors (Lipinski definition) is 0. The fourth-order valence-corrected chi connectivity index (χ4v) is 9.81. The molecule has 0 spiro atoms. The molecule has 0 amide bonds. The van der Waals surface area contributed by atoms with Crippen molar-refractivity contribution in [3.8, 4) is 67.3 Å². The second kappa shape index (κ2) is 14.5. The standard InChI is InChI=1S/C59H38N2O/c1-4-17-41(18-5-1)58-60-54(40-33-31-39(32-34-40)46-27-16-28-51-50-26-13-15-30-56(50)62-57(46)51)38-55(61-58)49-25-11-10-23-45(49)42-35-36-48-47-24-12-14-29-52(47)59(53(48)37-42,43-19-6-2-7-20-43)44-21-8-3-9-22-44/h1-38H. The highest BCUT2D eigenvalue weighted by molar-refractivity contribution is 6.09. The van der Waals surface area contributed by atoms with E-state index in [1.807, 2.05) is 30.3 Å². The second-order valence-corrected chi connectivity index (χ2v) is 16.0. The zero-order chi connectivity index (χ0) is 41.0. The zero-order valence-corrected chi connectivity index (χ0v) is 33.7. The lowest BCUT2D eigenvalue weighted by Crippen LogP contribution is -2.28. The third kappa shape index (κ3) is 5.67. The van der Waals surface area contributed by atoms with Gasteiger partial charge in [0.25, 0.3) is 0 Å². The van der Waals surface area contributed by atoms with Crippen LogP contribution in [0.15, 0.2) is 235 Å². The third-order valence-electron chi connectivity index (χ3n) is 12.6. The highest BCUT2D eigenvalue weighted by Gasteiger charge is 2.46. The summed E-state index contributed by atoms with van der Waals surface area (Å²) in [6.45, 7) is 0. The van der Waals surface area contributed by atoms with E-state index in [-0.39, 0.29) is 0 Å². The number of aromatic nitrogens is 2. The van der Waals surface area contributed by atoms with Gasteiger partial charge < -0.3 is 4.42 Å². The maximum Gasteiger partial charge on any atom is 0.160 e. The van der Waals surface area contributed by atoms with Gasteiger partial charge in [-0.1, -0.05) is 212 Å². The van der Waals surface area contributed by atoms with Crippen LogP contribution in [0.2, 0.25) is 0 Å². The molecule has 1 aliphatic rings. The molecule has 3 nitrogen and oxygen atoms in total. The molecule has 0 radical (unpaired) electrons. The summed E-state index contributed by atoms with van der Waals surface area (Å²) in [7, 11) is 0. The van der Waals surface area contributed by atoms with Crippen LogP contribution in [-0.2, 0) is 5.41 Å². The largest absolute Gasteiger partial charge is 0.455 e. The summed E-state index contributed by atoms with van der Waals surface area (Å²) in [5.74, 6) is 0.681. The van der Waals surface area contributed by atoms with Crippen molar-refractivity contribution in [2.75, 3.05) is 0 Å². The van der Waals surface area contributed by atoms with E-state index in [4.69, 9.17) is 14.4 Å². The van der Waals surface area contributed by atoms with E-state index >= 15 is 0 Å². The molecule has 0 N–H and O–H groups in total. The van der Waals surface area contributed by atoms with Gasteiger partial charge in [-0.15, -0.1) is 0 Å². The van der Waals surface area contributed by atoms with Crippen LogP contribution in [-0.4, -0.2) is 9.97 Å². The minimum atomic E-state index is -0.496. The van der Waals surface area contributed by atoms with Gasteiger partial charge in [-0.2, -0.15) is 0 Å². The molecule has 3 heteroatoms. The number of nitrogens with zero attached hydrogens (tertiary/aromatic N) is 2. The topological polar surface area (TPSA) is 38.9 Å². The third-order valence-corrected chi connectivity index (χ3v) is 12.6. The molecule has 62 heavy (non-hydrogen) atoms. The van der Waals surface area contributed by atoms with E-state index in [0.29, 0.717) is 5.82 Å². The molecule has 0 aliphatic heterocycles. The minimum absolute atomic E-state index is 0.496. The normalized spacial score (nSPS) is 12.6. The summed E-state index contributed by atoms with van der Waals surface area (Å²) >= 11 is 0. The average Bonchev–Trinajstić information content (AvgIpc) is 3.89. The van der Waals surface area contributed by atoms with Crippen LogP contribution in [0.1, 0.15) is 22.3 Å². The van der Waals surface area contributed by atoms with E-state index in [2.05, 4.69) is 200 Å². The molecule has 0 fully saturated rings. The van der Waals surface area contributed by atoms with Gasteiger partial charge in [-0.05, 0) is 68.3 Å². The molecule has 0 unspecified atom stereocenters. The summed E-state index contributed by atoms with van der Waals surface area (Å²) < 4.78 is 6.41. The maximum atomic E-state index is 6.41. The Labute approximate surface area is 360 Å². The van der Waals surface area contributed by atoms with Crippen molar-refractivity contribution < 1.29 is 4.42 Å². The Hall–Kier alpha value is -8.14. The van der Waals surface area contributed by atoms with Gasteiger partial charge in [-0.25, -0.2) is 9.97 Å². The number of rotatable bonds is 7. The number of para-hydroxylation sites is 2. The fraction of sp³-hybridized carbons (Fsp3) is 0.0169. The predicted molar refractivity (Wildman–Crippen MR) is 254 cm³/mol. The molecule has 2 aromatic heterocycles. The lowest BCUT2D eigenvalue weighted by molar-refractivity contribution is 0.670. The first-order valence-corrected chi connectivity index (χ1v) is 21.1. The van der Waals surface area contributed by atoms with Gasteiger partial charge in [-0.3, -0.25) is 0 Å². The minimum Gasteiger partial charge on any atom is -0.455 e. The van der Waals surface area contributed by atoms with Crippen LogP contribution >= 0.6 is 0 Å². The van der Waals surface area contributed by atoms with E-state index in [1.165, 1.54) is 33.4 Å².